The van der Waals surface area contributed by atoms with Crippen molar-refractivity contribution in [3.05, 3.63) is 59.2 Å². The van der Waals surface area contributed by atoms with Gasteiger partial charge in [-0.3, -0.25) is 4.79 Å². The molecule has 2 aromatic rings. The van der Waals surface area contributed by atoms with E-state index in [1.807, 2.05) is 39.0 Å². The summed E-state index contributed by atoms with van der Waals surface area (Å²) in [6.07, 6.45) is 0.598. The SMILES string of the molecule is Cc1ccc(S(=O)(=O)N2CCCN(C(=O)COc3cc(C)cc(C)c3)CC2)cc1. The average Bonchev–Trinajstić information content (AvgIpc) is 2.92. The lowest BCUT2D eigenvalue weighted by molar-refractivity contribution is -0.133. The van der Waals surface area contributed by atoms with E-state index >= 15 is 0 Å². The first-order chi connectivity index (χ1) is 13.8. The Hall–Kier alpha value is -2.38. The number of ether oxygens (including phenoxy) is 1. The Morgan fingerprint density at radius 3 is 2.21 bits per heavy atom. The standard InChI is InChI=1S/C22H28N2O4S/c1-17-5-7-21(8-6-17)29(26,27)24-10-4-9-23(11-12-24)22(25)16-28-20-14-18(2)13-19(3)15-20/h5-8,13-15H,4,9-12,16H2,1-3H3. The van der Waals surface area contributed by atoms with Crippen LogP contribution in [0.3, 0.4) is 0 Å². The molecule has 0 aliphatic carbocycles. The molecule has 1 saturated heterocycles. The molecule has 7 heteroatoms. The summed E-state index contributed by atoms with van der Waals surface area (Å²) in [4.78, 5) is 14.6. The van der Waals surface area contributed by atoms with Crippen molar-refractivity contribution in [3.63, 3.8) is 0 Å². The Morgan fingerprint density at radius 2 is 1.55 bits per heavy atom. The first-order valence-electron chi connectivity index (χ1n) is 9.81. The topological polar surface area (TPSA) is 66.9 Å². The van der Waals surface area contributed by atoms with E-state index in [2.05, 4.69) is 0 Å². The van der Waals surface area contributed by atoms with Crippen molar-refractivity contribution in [1.82, 2.24) is 9.21 Å². The number of carbonyl (C=O) groups is 1. The van der Waals surface area contributed by atoms with Gasteiger partial charge >= 0.3 is 0 Å². The van der Waals surface area contributed by atoms with Crippen LogP contribution in [0.2, 0.25) is 0 Å². The summed E-state index contributed by atoms with van der Waals surface area (Å²) in [5, 5.41) is 0. The molecular weight excluding hydrogens is 388 g/mol. The van der Waals surface area contributed by atoms with Crippen LogP contribution in [0, 0.1) is 20.8 Å². The lowest BCUT2D eigenvalue weighted by atomic mass is 10.1. The fourth-order valence-electron chi connectivity index (χ4n) is 3.50. The molecule has 0 unspecified atom stereocenters. The molecule has 0 spiro atoms. The monoisotopic (exact) mass is 416 g/mol. The summed E-state index contributed by atoms with van der Waals surface area (Å²) in [5.41, 5.74) is 3.18. The number of hydrogen-bond acceptors (Lipinski definition) is 4. The molecule has 0 atom stereocenters. The molecule has 0 N–H and O–H groups in total. The minimum atomic E-state index is -3.55. The van der Waals surface area contributed by atoms with Crippen LogP contribution in [0.15, 0.2) is 47.4 Å². The number of benzene rings is 2. The van der Waals surface area contributed by atoms with Crippen molar-refractivity contribution in [3.8, 4) is 5.75 Å². The number of aryl methyl sites for hydroxylation is 3. The predicted octanol–water partition coefficient (Wildman–Crippen LogP) is 2.91. The Labute approximate surface area is 173 Å². The van der Waals surface area contributed by atoms with Crippen LogP contribution in [0.4, 0.5) is 0 Å². The number of sulfonamides is 1. The number of amides is 1. The van der Waals surface area contributed by atoms with Crippen molar-refractivity contribution in [1.29, 1.82) is 0 Å². The van der Waals surface area contributed by atoms with Gasteiger partial charge in [0, 0.05) is 26.2 Å². The Bertz CT molecular complexity index is 951. The van der Waals surface area contributed by atoms with Crippen LogP contribution in [0.5, 0.6) is 5.75 Å². The molecule has 156 valence electrons. The molecule has 29 heavy (non-hydrogen) atoms. The smallest absolute Gasteiger partial charge is 0.260 e. The van der Waals surface area contributed by atoms with Gasteiger partial charge in [-0.15, -0.1) is 0 Å². The number of carbonyl (C=O) groups excluding carboxylic acids is 1. The minimum absolute atomic E-state index is 0.0480. The second kappa shape index (κ2) is 8.97. The van der Waals surface area contributed by atoms with Gasteiger partial charge in [0.2, 0.25) is 10.0 Å². The van der Waals surface area contributed by atoms with Gasteiger partial charge in [-0.1, -0.05) is 23.8 Å². The second-order valence-corrected chi connectivity index (χ2v) is 9.50. The summed E-state index contributed by atoms with van der Waals surface area (Å²) >= 11 is 0. The first-order valence-corrected chi connectivity index (χ1v) is 11.3. The van der Waals surface area contributed by atoms with E-state index < -0.39 is 10.0 Å². The lowest BCUT2D eigenvalue weighted by Gasteiger charge is -2.22. The van der Waals surface area contributed by atoms with Gasteiger partial charge in [0.1, 0.15) is 5.75 Å². The second-order valence-electron chi connectivity index (χ2n) is 7.56. The zero-order valence-electron chi connectivity index (χ0n) is 17.2. The maximum absolute atomic E-state index is 12.9. The molecule has 0 radical (unpaired) electrons. The Kier molecular flexibility index (Phi) is 6.59. The normalized spacial score (nSPS) is 15.8. The van der Waals surface area contributed by atoms with E-state index in [-0.39, 0.29) is 19.1 Å². The summed E-state index contributed by atoms with van der Waals surface area (Å²) in [7, 11) is -3.55. The van der Waals surface area contributed by atoms with E-state index in [4.69, 9.17) is 4.74 Å². The van der Waals surface area contributed by atoms with Crippen LogP contribution < -0.4 is 4.74 Å². The highest BCUT2D eigenvalue weighted by molar-refractivity contribution is 7.89. The number of nitrogens with zero attached hydrogens (tertiary/aromatic N) is 2. The molecule has 0 aromatic heterocycles. The van der Waals surface area contributed by atoms with Gasteiger partial charge < -0.3 is 9.64 Å². The predicted molar refractivity (Wildman–Crippen MR) is 113 cm³/mol. The lowest BCUT2D eigenvalue weighted by Crippen LogP contribution is -2.39. The van der Waals surface area contributed by atoms with E-state index in [9.17, 15) is 13.2 Å². The summed E-state index contributed by atoms with van der Waals surface area (Å²) in [5.74, 6) is 0.549. The molecular formula is C22H28N2O4S. The van der Waals surface area contributed by atoms with Gasteiger partial charge in [-0.25, -0.2) is 8.42 Å². The quantitative estimate of drug-likeness (QED) is 0.752. The zero-order chi connectivity index (χ0) is 21.0. The summed E-state index contributed by atoms with van der Waals surface area (Å²) < 4.78 is 32.9. The van der Waals surface area contributed by atoms with E-state index in [0.29, 0.717) is 36.7 Å². The van der Waals surface area contributed by atoms with Crippen LogP contribution >= 0.6 is 0 Å². The van der Waals surface area contributed by atoms with Crippen LogP contribution in [-0.4, -0.2) is 56.3 Å². The fourth-order valence-corrected chi connectivity index (χ4v) is 4.97. The average molecular weight is 417 g/mol. The zero-order valence-corrected chi connectivity index (χ0v) is 18.0. The van der Waals surface area contributed by atoms with E-state index in [1.54, 1.807) is 29.2 Å². The van der Waals surface area contributed by atoms with Gasteiger partial charge in [0.25, 0.3) is 5.91 Å². The molecule has 1 aliphatic rings. The number of hydrogen-bond donors (Lipinski definition) is 0. The molecule has 2 aromatic carbocycles. The highest BCUT2D eigenvalue weighted by Gasteiger charge is 2.28. The molecule has 1 amide bonds. The Balaban J connectivity index is 1.60. The van der Waals surface area contributed by atoms with Crippen molar-refractivity contribution in [2.45, 2.75) is 32.1 Å². The maximum Gasteiger partial charge on any atom is 0.260 e. The largest absolute Gasteiger partial charge is 0.484 e. The third-order valence-electron chi connectivity index (χ3n) is 5.02. The molecule has 1 fully saturated rings. The van der Waals surface area contributed by atoms with Crippen molar-refractivity contribution < 1.29 is 17.9 Å². The van der Waals surface area contributed by atoms with Crippen LogP contribution in [-0.2, 0) is 14.8 Å². The molecule has 1 aliphatic heterocycles. The molecule has 0 bridgehead atoms. The van der Waals surface area contributed by atoms with Crippen molar-refractivity contribution in [2.24, 2.45) is 0 Å². The highest BCUT2D eigenvalue weighted by atomic mass is 32.2. The maximum atomic E-state index is 12.9. The summed E-state index contributed by atoms with van der Waals surface area (Å²) in [6.45, 7) is 7.41. The van der Waals surface area contributed by atoms with Crippen LogP contribution in [0.25, 0.3) is 0 Å². The van der Waals surface area contributed by atoms with Gasteiger partial charge in [0.05, 0.1) is 4.90 Å². The van der Waals surface area contributed by atoms with E-state index in [0.717, 1.165) is 16.7 Å². The molecule has 6 nitrogen and oxygen atoms in total. The van der Waals surface area contributed by atoms with Gasteiger partial charge in [-0.05, 0) is 62.6 Å². The highest BCUT2D eigenvalue weighted by Crippen LogP contribution is 2.19. The fraction of sp³-hybridized carbons (Fsp3) is 0.409. The first kappa shape index (κ1) is 21.3. The molecule has 1 heterocycles. The Morgan fingerprint density at radius 1 is 0.897 bits per heavy atom. The third-order valence-corrected chi connectivity index (χ3v) is 6.94. The van der Waals surface area contributed by atoms with Crippen LogP contribution in [0.1, 0.15) is 23.1 Å². The molecule has 0 saturated carbocycles. The van der Waals surface area contributed by atoms with Gasteiger partial charge in [-0.2, -0.15) is 4.31 Å². The van der Waals surface area contributed by atoms with E-state index in [1.165, 1.54) is 4.31 Å². The van der Waals surface area contributed by atoms with Gasteiger partial charge in [0.15, 0.2) is 6.61 Å². The minimum Gasteiger partial charge on any atom is -0.484 e. The van der Waals surface area contributed by atoms with Crippen molar-refractivity contribution in [2.75, 3.05) is 32.8 Å². The number of rotatable bonds is 5. The van der Waals surface area contributed by atoms with Crippen molar-refractivity contribution >= 4 is 15.9 Å². The molecule has 3 rings (SSSR count). The third kappa shape index (κ3) is 5.36. The summed E-state index contributed by atoms with van der Waals surface area (Å²) in [6, 6.07) is 12.7.